The van der Waals surface area contributed by atoms with E-state index in [0.29, 0.717) is 18.2 Å². The Morgan fingerprint density at radius 3 is 2.95 bits per heavy atom. The Hall–Kier alpha value is -1.75. The number of carbonyl (C=O) groups excluding carboxylic acids is 1. The molecule has 0 bridgehead atoms. The van der Waals surface area contributed by atoms with Gasteiger partial charge in [0, 0.05) is 23.8 Å². The van der Waals surface area contributed by atoms with Gasteiger partial charge >= 0.3 is 0 Å². The molecule has 4 nitrogen and oxygen atoms in total. The quantitative estimate of drug-likeness (QED) is 0.860. The fraction of sp³-hybridized carbons (Fsp3) is 0.357. The summed E-state index contributed by atoms with van der Waals surface area (Å²) in [7, 11) is 0. The molecule has 0 radical (unpaired) electrons. The Morgan fingerprint density at radius 1 is 1.53 bits per heavy atom. The number of amides is 1. The van der Waals surface area contributed by atoms with Crippen molar-refractivity contribution in [2.45, 2.75) is 32.4 Å². The third-order valence-electron chi connectivity index (χ3n) is 3.16. The van der Waals surface area contributed by atoms with Crippen molar-refractivity contribution < 1.29 is 4.79 Å². The smallest absolute Gasteiger partial charge is 0.256 e. The highest BCUT2D eigenvalue weighted by atomic mass is 32.1. The normalized spacial score (nSPS) is 14.4. The Bertz CT molecular complexity index is 577. The van der Waals surface area contributed by atoms with Crippen LogP contribution >= 0.6 is 11.3 Å². The zero-order chi connectivity index (χ0) is 13.2. The molecular weight excluding hydrogens is 258 g/mol. The first-order chi connectivity index (χ1) is 9.24. The van der Waals surface area contributed by atoms with Gasteiger partial charge in [0.1, 0.15) is 0 Å². The minimum absolute atomic E-state index is 0.0567. The topological polar surface area (TPSA) is 46.1 Å². The van der Waals surface area contributed by atoms with Crippen molar-refractivity contribution in [2.75, 3.05) is 0 Å². The van der Waals surface area contributed by atoms with Crippen LogP contribution < -0.4 is 0 Å². The van der Waals surface area contributed by atoms with E-state index in [4.69, 9.17) is 0 Å². The third-order valence-corrected chi connectivity index (χ3v) is 3.98. The van der Waals surface area contributed by atoms with E-state index in [1.807, 2.05) is 23.3 Å². The Labute approximate surface area is 116 Å². The molecule has 1 aliphatic rings. The molecule has 0 N–H and O–H groups in total. The fourth-order valence-electron chi connectivity index (χ4n) is 2.06. The largest absolute Gasteiger partial charge is 0.330 e. The third kappa shape index (κ3) is 2.81. The summed E-state index contributed by atoms with van der Waals surface area (Å²) in [6.45, 7) is 2.58. The van der Waals surface area contributed by atoms with Crippen molar-refractivity contribution in [2.24, 2.45) is 0 Å². The maximum absolute atomic E-state index is 12.5. The van der Waals surface area contributed by atoms with E-state index in [-0.39, 0.29) is 5.91 Å². The summed E-state index contributed by atoms with van der Waals surface area (Å²) in [6.07, 6.45) is 5.50. The van der Waals surface area contributed by atoms with E-state index < -0.39 is 0 Å². The molecule has 0 saturated heterocycles. The van der Waals surface area contributed by atoms with Crippen molar-refractivity contribution in [3.8, 4) is 0 Å². The Morgan fingerprint density at radius 2 is 2.37 bits per heavy atom. The van der Waals surface area contributed by atoms with E-state index in [2.05, 4.69) is 9.97 Å². The van der Waals surface area contributed by atoms with E-state index in [9.17, 15) is 4.79 Å². The van der Waals surface area contributed by atoms with Crippen LogP contribution in [0.25, 0.3) is 0 Å². The first-order valence-electron chi connectivity index (χ1n) is 6.36. The van der Waals surface area contributed by atoms with E-state index in [1.54, 1.807) is 29.8 Å². The summed E-state index contributed by atoms with van der Waals surface area (Å²) < 4.78 is 0. The van der Waals surface area contributed by atoms with Crippen molar-refractivity contribution in [1.82, 2.24) is 14.9 Å². The molecule has 1 aliphatic carbocycles. The van der Waals surface area contributed by atoms with Crippen LogP contribution in [0.5, 0.6) is 0 Å². The van der Waals surface area contributed by atoms with Crippen LogP contribution in [0, 0.1) is 6.92 Å². The average Bonchev–Trinajstić information content (AvgIpc) is 3.20. The van der Waals surface area contributed by atoms with Gasteiger partial charge in [0.25, 0.3) is 5.91 Å². The molecule has 3 rings (SSSR count). The Balaban J connectivity index is 1.79. The van der Waals surface area contributed by atoms with Crippen molar-refractivity contribution >= 4 is 17.2 Å². The van der Waals surface area contributed by atoms with Crippen LogP contribution in [0.2, 0.25) is 0 Å². The first-order valence-corrected chi connectivity index (χ1v) is 7.24. The first kappa shape index (κ1) is 12.3. The van der Waals surface area contributed by atoms with Gasteiger partial charge in [0.2, 0.25) is 0 Å². The van der Waals surface area contributed by atoms with Crippen LogP contribution in [0.3, 0.4) is 0 Å². The van der Waals surface area contributed by atoms with Gasteiger partial charge in [-0.2, -0.15) is 0 Å². The van der Waals surface area contributed by atoms with Crippen LogP contribution in [-0.4, -0.2) is 26.8 Å². The van der Waals surface area contributed by atoms with Gasteiger partial charge in [0.15, 0.2) is 0 Å². The molecule has 19 heavy (non-hydrogen) atoms. The molecule has 1 fully saturated rings. The molecule has 0 unspecified atom stereocenters. The number of rotatable bonds is 4. The number of thiazole rings is 1. The molecule has 1 amide bonds. The fourth-order valence-corrected chi connectivity index (χ4v) is 2.67. The van der Waals surface area contributed by atoms with Crippen LogP contribution in [0.4, 0.5) is 0 Å². The average molecular weight is 273 g/mol. The number of carbonyl (C=O) groups is 1. The zero-order valence-electron chi connectivity index (χ0n) is 10.7. The Kier molecular flexibility index (Phi) is 3.29. The van der Waals surface area contributed by atoms with Gasteiger partial charge in [-0.3, -0.25) is 9.78 Å². The molecule has 1 saturated carbocycles. The van der Waals surface area contributed by atoms with E-state index >= 15 is 0 Å². The van der Waals surface area contributed by atoms with Gasteiger partial charge in [-0.1, -0.05) is 0 Å². The van der Waals surface area contributed by atoms with Gasteiger partial charge < -0.3 is 4.90 Å². The lowest BCUT2D eigenvalue weighted by Crippen LogP contribution is -2.32. The SMILES string of the molecule is Cc1nc(CN(C(=O)c2cccnc2)C2CC2)cs1. The van der Waals surface area contributed by atoms with E-state index in [1.165, 1.54) is 0 Å². The summed E-state index contributed by atoms with van der Waals surface area (Å²) in [5, 5.41) is 3.07. The summed E-state index contributed by atoms with van der Waals surface area (Å²) in [5.74, 6) is 0.0567. The lowest BCUT2D eigenvalue weighted by Gasteiger charge is -2.21. The molecular formula is C14H15N3OS. The van der Waals surface area contributed by atoms with Crippen LogP contribution in [0.15, 0.2) is 29.9 Å². The highest BCUT2D eigenvalue weighted by molar-refractivity contribution is 7.09. The van der Waals surface area contributed by atoms with E-state index in [0.717, 1.165) is 23.5 Å². The summed E-state index contributed by atoms with van der Waals surface area (Å²) >= 11 is 1.62. The summed E-state index contributed by atoms with van der Waals surface area (Å²) in [6, 6.07) is 3.98. The second-order valence-corrected chi connectivity index (χ2v) is 5.83. The number of hydrogen-bond donors (Lipinski definition) is 0. The lowest BCUT2D eigenvalue weighted by molar-refractivity contribution is 0.0727. The molecule has 0 aliphatic heterocycles. The standard InChI is InChI=1S/C14H15N3OS/c1-10-16-12(9-19-10)8-17(13-4-5-13)14(18)11-3-2-6-15-7-11/h2-3,6-7,9,13H,4-5,8H2,1H3. The molecule has 0 aromatic carbocycles. The number of hydrogen-bond acceptors (Lipinski definition) is 4. The number of aryl methyl sites for hydroxylation is 1. The maximum atomic E-state index is 12.5. The molecule has 0 spiro atoms. The zero-order valence-corrected chi connectivity index (χ0v) is 11.6. The molecule has 2 aromatic heterocycles. The van der Waals surface area contributed by atoms with Crippen LogP contribution in [0.1, 0.15) is 33.9 Å². The maximum Gasteiger partial charge on any atom is 0.256 e. The van der Waals surface area contributed by atoms with Gasteiger partial charge in [0.05, 0.1) is 22.8 Å². The van der Waals surface area contributed by atoms with Crippen molar-refractivity contribution in [3.63, 3.8) is 0 Å². The second kappa shape index (κ2) is 5.09. The predicted molar refractivity (Wildman–Crippen MR) is 74.0 cm³/mol. The van der Waals surface area contributed by atoms with Gasteiger partial charge in [-0.15, -0.1) is 11.3 Å². The highest BCUT2D eigenvalue weighted by Gasteiger charge is 2.33. The lowest BCUT2D eigenvalue weighted by atomic mass is 10.2. The summed E-state index contributed by atoms with van der Waals surface area (Å²) in [5.41, 5.74) is 1.63. The number of nitrogens with zero attached hydrogens (tertiary/aromatic N) is 3. The molecule has 5 heteroatoms. The molecule has 2 aromatic rings. The van der Waals surface area contributed by atoms with Gasteiger partial charge in [-0.05, 0) is 31.9 Å². The minimum atomic E-state index is 0.0567. The molecule has 0 atom stereocenters. The number of aromatic nitrogens is 2. The highest BCUT2D eigenvalue weighted by Crippen LogP contribution is 2.29. The minimum Gasteiger partial charge on any atom is -0.330 e. The summed E-state index contributed by atoms with van der Waals surface area (Å²) in [4.78, 5) is 22.9. The monoisotopic (exact) mass is 273 g/mol. The predicted octanol–water partition coefficient (Wildman–Crippen LogP) is 2.65. The molecule has 2 heterocycles. The van der Waals surface area contributed by atoms with Crippen molar-refractivity contribution in [1.29, 1.82) is 0 Å². The van der Waals surface area contributed by atoms with Gasteiger partial charge in [-0.25, -0.2) is 4.98 Å². The van der Waals surface area contributed by atoms with Crippen LogP contribution in [-0.2, 0) is 6.54 Å². The number of pyridine rings is 1. The molecule has 98 valence electrons. The second-order valence-electron chi connectivity index (χ2n) is 4.76. The van der Waals surface area contributed by atoms with Crippen molar-refractivity contribution in [3.05, 3.63) is 46.2 Å².